The molecule has 2 aliphatic rings. The lowest BCUT2D eigenvalue weighted by Crippen LogP contribution is -2.31. The minimum absolute atomic E-state index is 0.120. The monoisotopic (exact) mass is 470 g/mol. The zero-order valence-electron chi connectivity index (χ0n) is 20.1. The number of benzene rings is 2. The standard InChI is InChI=1S/C29H30N2O4/c1-3-33-23-14-10-20(11-15-23)19-22-7-5-8-25-27(22)30-31(29(32)26-9-6-18-35-26)28(25)21-12-16-24(17-13-21)34-4-2/h6,9-19,25,28H,3-5,7-8H2,1-2H3/b22-19-/t25-,28+/m1/s1. The number of rotatable bonds is 7. The first-order chi connectivity index (χ1) is 17.2. The van der Waals surface area contributed by atoms with E-state index in [1.165, 1.54) is 11.8 Å². The summed E-state index contributed by atoms with van der Waals surface area (Å²) in [4.78, 5) is 13.4. The van der Waals surface area contributed by atoms with Crippen LogP contribution < -0.4 is 9.47 Å². The van der Waals surface area contributed by atoms with Crippen molar-refractivity contribution in [1.82, 2.24) is 5.01 Å². The van der Waals surface area contributed by atoms with Gasteiger partial charge >= 0.3 is 5.91 Å². The van der Waals surface area contributed by atoms with E-state index >= 15 is 0 Å². The van der Waals surface area contributed by atoms with Gasteiger partial charge < -0.3 is 13.9 Å². The third kappa shape index (κ3) is 4.74. The summed E-state index contributed by atoms with van der Waals surface area (Å²) in [5.41, 5.74) is 4.31. The van der Waals surface area contributed by atoms with E-state index in [1.54, 1.807) is 17.1 Å². The van der Waals surface area contributed by atoms with Gasteiger partial charge in [0.1, 0.15) is 11.5 Å². The summed E-state index contributed by atoms with van der Waals surface area (Å²) < 4.78 is 16.6. The summed E-state index contributed by atoms with van der Waals surface area (Å²) in [6.45, 7) is 5.20. The van der Waals surface area contributed by atoms with Gasteiger partial charge in [0.2, 0.25) is 0 Å². The van der Waals surface area contributed by atoms with Gasteiger partial charge in [-0.15, -0.1) is 0 Å². The second-order valence-electron chi connectivity index (χ2n) is 8.73. The second-order valence-corrected chi connectivity index (χ2v) is 8.73. The summed E-state index contributed by atoms with van der Waals surface area (Å²) >= 11 is 0. The highest BCUT2D eigenvalue weighted by molar-refractivity contribution is 6.09. The van der Waals surface area contributed by atoms with Crippen LogP contribution in [-0.2, 0) is 0 Å². The summed E-state index contributed by atoms with van der Waals surface area (Å²) in [6.07, 6.45) is 6.66. The fourth-order valence-corrected chi connectivity index (χ4v) is 4.97. The van der Waals surface area contributed by atoms with E-state index in [-0.39, 0.29) is 17.9 Å². The topological polar surface area (TPSA) is 64.3 Å². The quantitative estimate of drug-likeness (QED) is 0.395. The molecule has 6 nitrogen and oxygen atoms in total. The van der Waals surface area contributed by atoms with Crippen molar-refractivity contribution in [2.75, 3.05) is 13.2 Å². The number of allylic oxidation sites excluding steroid dienone is 1. The molecule has 1 aromatic heterocycles. The third-order valence-corrected chi connectivity index (χ3v) is 6.51. The zero-order valence-corrected chi connectivity index (χ0v) is 20.1. The maximum absolute atomic E-state index is 13.4. The first kappa shape index (κ1) is 23.0. The molecule has 1 saturated carbocycles. The molecule has 0 saturated heterocycles. The maximum atomic E-state index is 13.4. The van der Waals surface area contributed by atoms with Gasteiger partial charge in [-0.05, 0) is 92.3 Å². The third-order valence-electron chi connectivity index (χ3n) is 6.51. The molecule has 0 N–H and O–H groups in total. The Morgan fingerprint density at radius 1 is 1.03 bits per heavy atom. The highest BCUT2D eigenvalue weighted by atomic mass is 16.5. The average molecular weight is 471 g/mol. The van der Waals surface area contributed by atoms with Crippen LogP contribution >= 0.6 is 0 Å². The summed E-state index contributed by atoms with van der Waals surface area (Å²) in [6, 6.07) is 19.3. The van der Waals surface area contributed by atoms with Gasteiger partial charge in [-0.3, -0.25) is 4.79 Å². The van der Waals surface area contributed by atoms with E-state index in [4.69, 9.17) is 19.0 Å². The van der Waals surface area contributed by atoms with Gasteiger partial charge in [-0.25, -0.2) is 5.01 Å². The van der Waals surface area contributed by atoms with Gasteiger partial charge in [-0.2, -0.15) is 5.10 Å². The van der Waals surface area contributed by atoms with Crippen molar-refractivity contribution in [3.8, 4) is 11.5 Å². The summed E-state index contributed by atoms with van der Waals surface area (Å²) in [5.74, 6) is 1.87. The summed E-state index contributed by atoms with van der Waals surface area (Å²) in [5, 5.41) is 6.54. The first-order valence-electron chi connectivity index (χ1n) is 12.3. The molecule has 2 heterocycles. The van der Waals surface area contributed by atoms with Crippen molar-refractivity contribution in [2.24, 2.45) is 11.0 Å². The van der Waals surface area contributed by atoms with Crippen LogP contribution in [0.25, 0.3) is 6.08 Å². The van der Waals surface area contributed by atoms with Crippen LogP contribution in [0.15, 0.2) is 82.0 Å². The van der Waals surface area contributed by atoms with E-state index in [1.807, 2.05) is 50.2 Å². The Kier molecular flexibility index (Phi) is 6.70. The molecular formula is C29H30N2O4. The van der Waals surface area contributed by atoms with E-state index in [2.05, 4.69) is 18.2 Å². The van der Waals surface area contributed by atoms with E-state index in [0.29, 0.717) is 19.0 Å². The van der Waals surface area contributed by atoms with Crippen molar-refractivity contribution < 1.29 is 18.7 Å². The molecule has 0 unspecified atom stereocenters. The van der Waals surface area contributed by atoms with E-state index < -0.39 is 0 Å². The lowest BCUT2D eigenvalue weighted by molar-refractivity contribution is 0.0648. The molecule has 2 atom stereocenters. The Morgan fingerprint density at radius 3 is 2.34 bits per heavy atom. The second kappa shape index (κ2) is 10.2. The molecule has 5 rings (SSSR count). The minimum Gasteiger partial charge on any atom is -0.494 e. The average Bonchev–Trinajstić information content (AvgIpc) is 3.55. The number of hydrogen-bond donors (Lipinski definition) is 0. The fourth-order valence-electron chi connectivity index (χ4n) is 4.97. The molecule has 3 aromatic rings. The molecule has 1 fully saturated rings. The molecule has 1 amide bonds. The summed E-state index contributed by atoms with van der Waals surface area (Å²) in [7, 11) is 0. The number of carbonyl (C=O) groups excluding carboxylic acids is 1. The van der Waals surface area contributed by atoms with Gasteiger partial charge in [0.05, 0.1) is 31.2 Å². The van der Waals surface area contributed by atoms with Crippen LogP contribution in [0.5, 0.6) is 11.5 Å². The normalized spacial score (nSPS) is 20.5. The molecule has 6 heteroatoms. The van der Waals surface area contributed by atoms with Gasteiger partial charge in [0, 0.05) is 5.92 Å². The van der Waals surface area contributed by atoms with Crippen molar-refractivity contribution in [1.29, 1.82) is 0 Å². The largest absolute Gasteiger partial charge is 0.494 e. The van der Waals surface area contributed by atoms with Crippen LogP contribution in [0.3, 0.4) is 0 Å². The molecule has 2 aromatic carbocycles. The first-order valence-corrected chi connectivity index (χ1v) is 12.3. The van der Waals surface area contributed by atoms with Crippen LogP contribution in [0.1, 0.15) is 60.8 Å². The molecule has 35 heavy (non-hydrogen) atoms. The van der Waals surface area contributed by atoms with Gasteiger partial charge in [-0.1, -0.05) is 24.3 Å². The van der Waals surface area contributed by atoms with Crippen LogP contribution in [-0.4, -0.2) is 29.8 Å². The van der Waals surface area contributed by atoms with Crippen LogP contribution in [0.2, 0.25) is 0 Å². The lowest BCUT2D eigenvalue weighted by atomic mass is 9.77. The molecule has 1 aliphatic heterocycles. The molecule has 180 valence electrons. The number of fused-ring (bicyclic) bond motifs is 1. The van der Waals surface area contributed by atoms with E-state index in [9.17, 15) is 4.79 Å². The highest BCUT2D eigenvalue weighted by Gasteiger charge is 2.44. The Balaban J connectivity index is 1.50. The smallest absolute Gasteiger partial charge is 0.310 e. The predicted molar refractivity (Wildman–Crippen MR) is 136 cm³/mol. The van der Waals surface area contributed by atoms with Crippen molar-refractivity contribution >= 4 is 17.7 Å². The number of furan rings is 1. The maximum Gasteiger partial charge on any atom is 0.310 e. The van der Waals surface area contributed by atoms with Gasteiger partial charge in [0.25, 0.3) is 0 Å². The molecule has 0 bridgehead atoms. The molecular weight excluding hydrogens is 440 g/mol. The number of hydrogen-bond acceptors (Lipinski definition) is 5. The fraction of sp³-hybridized carbons (Fsp3) is 0.310. The Morgan fingerprint density at radius 2 is 1.71 bits per heavy atom. The minimum atomic E-state index is -0.226. The highest BCUT2D eigenvalue weighted by Crippen LogP contribution is 2.45. The van der Waals surface area contributed by atoms with Crippen molar-refractivity contribution in [3.05, 3.63) is 89.4 Å². The van der Waals surface area contributed by atoms with Crippen molar-refractivity contribution in [3.63, 3.8) is 0 Å². The zero-order chi connectivity index (χ0) is 24.2. The Hall–Kier alpha value is -3.80. The number of amides is 1. The molecule has 0 radical (unpaired) electrons. The number of hydrazone groups is 1. The van der Waals surface area contributed by atoms with Crippen molar-refractivity contribution in [2.45, 2.75) is 39.2 Å². The van der Waals surface area contributed by atoms with Crippen LogP contribution in [0, 0.1) is 5.92 Å². The Labute approximate surface area is 205 Å². The number of ether oxygens (including phenoxy) is 2. The Bertz CT molecular complexity index is 1210. The predicted octanol–water partition coefficient (Wildman–Crippen LogP) is 6.51. The number of carbonyl (C=O) groups is 1. The van der Waals surface area contributed by atoms with Gasteiger partial charge in [0.15, 0.2) is 5.76 Å². The molecule has 0 spiro atoms. The van der Waals surface area contributed by atoms with E-state index in [0.717, 1.165) is 47.6 Å². The van der Waals surface area contributed by atoms with Crippen LogP contribution in [0.4, 0.5) is 0 Å². The molecule has 1 aliphatic carbocycles. The SMILES string of the molecule is CCOc1ccc(/C=C2/CCC[C@@H]3C2=NN(C(=O)c2ccco2)[C@H]3c2ccc(OCC)cc2)cc1. The lowest BCUT2D eigenvalue weighted by Gasteiger charge is -2.29. The number of nitrogens with zero attached hydrogens (tertiary/aromatic N) is 2.